The van der Waals surface area contributed by atoms with E-state index in [1.165, 1.54) is 0 Å². The van der Waals surface area contributed by atoms with Crippen LogP contribution in [0.2, 0.25) is 0 Å². The van der Waals surface area contributed by atoms with Crippen LogP contribution < -0.4 is 5.32 Å². The van der Waals surface area contributed by atoms with Crippen LogP contribution in [0.3, 0.4) is 0 Å². The summed E-state index contributed by atoms with van der Waals surface area (Å²) < 4.78 is 0. The van der Waals surface area contributed by atoms with Gasteiger partial charge in [0.2, 0.25) is 11.8 Å². The molecule has 23 heavy (non-hydrogen) atoms. The summed E-state index contributed by atoms with van der Waals surface area (Å²) in [5, 5.41) is 3.04. The summed E-state index contributed by atoms with van der Waals surface area (Å²) in [5.41, 5.74) is 3.67. The highest BCUT2D eigenvalue weighted by molar-refractivity contribution is 5.94. The molecule has 0 aromatic carbocycles. The van der Waals surface area contributed by atoms with Gasteiger partial charge >= 0.3 is 0 Å². The molecule has 1 N–H and O–H groups in total. The van der Waals surface area contributed by atoms with Crippen molar-refractivity contribution < 1.29 is 9.59 Å². The van der Waals surface area contributed by atoms with Crippen molar-refractivity contribution in [3.8, 4) is 0 Å². The number of rotatable bonds is 3. The van der Waals surface area contributed by atoms with Crippen LogP contribution in [0, 0.1) is 32.6 Å². The summed E-state index contributed by atoms with van der Waals surface area (Å²) in [4.78, 5) is 30.8. The third-order valence-corrected chi connectivity index (χ3v) is 4.45. The Hall–Kier alpha value is -1.91. The Bertz CT molecular complexity index is 579. The van der Waals surface area contributed by atoms with Crippen molar-refractivity contribution in [2.75, 3.05) is 18.4 Å². The molecule has 1 aromatic rings. The summed E-state index contributed by atoms with van der Waals surface area (Å²) in [5.74, 6) is 0.201. The smallest absolute Gasteiger partial charge is 0.227 e. The van der Waals surface area contributed by atoms with Gasteiger partial charge in [-0.25, -0.2) is 0 Å². The van der Waals surface area contributed by atoms with Gasteiger partial charge in [0, 0.05) is 30.6 Å². The van der Waals surface area contributed by atoms with E-state index < -0.39 is 0 Å². The predicted molar refractivity (Wildman–Crippen MR) is 91.2 cm³/mol. The SMILES string of the molecule is Cc1cc(C)c(NC(=O)C2CCN(C(=O)C(C)C)CC2)c(C)n1. The van der Waals surface area contributed by atoms with Crippen molar-refractivity contribution in [3.63, 3.8) is 0 Å². The van der Waals surface area contributed by atoms with Gasteiger partial charge in [-0.05, 0) is 45.2 Å². The lowest BCUT2D eigenvalue weighted by atomic mass is 9.95. The van der Waals surface area contributed by atoms with Crippen LogP contribution in [0.15, 0.2) is 6.07 Å². The van der Waals surface area contributed by atoms with E-state index in [-0.39, 0.29) is 23.7 Å². The highest BCUT2D eigenvalue weighted by Crippen LogP contribution is 2.24. The van der Waals surface area contributed by atoms with Gasteiger partial charge in [-0.3, -0.25) is 14.6 Å². The summed E-state index contributed by atoms with van der Waals surface area (Å²) in [7, 11) is 0. The maximum absolute atomic E-state index is 12.5. The Kier molecular flexibility index (Phi) is 5.39. The first-order valence-electron chi connectivity index (χ1n) is 8.34. The number of anilines is 1. The van der Waals surface area contributed by atoms with Crippen LogP contribution in [0.5, 0.6) is 0 Å². The molecule has 0 aliphatic carbocycles. The van der Waals surface area contributed by atoms with Gasteiger partial charge in [0.15, 0.2) is 0 Å². The number of amides is 2. The molecule has 0 bridgehead atoms. The van der Waals surface area contributed by atoms with Gasteiger partial charge < -0.3 is 10.2 Å². The molecule has 0 atom stereocenters. The number of pyridine rings is 1. The van der Waals surface area contributed by atoms with Crippen LogP contribution in [-0.2, 0) is 9.59 Å². The Morgan fingerprint density at radius 1 is 1.22 bits per heavy atom. The highest BCUT2D eigenvalue weighted by atomic mass is 16.2. The third-order valence-electron chi connectivity index (χ3n) is 4.45. The van der Waals surface area contributed by atoms with Crippen LogP contribution in [0.1, 0.15) is 43.6 Å². The van der Waals surface area contributed by atoms with Gasteiger partial charge in [-0.15, -0.1) is 0 Å². The second-order valence-electron chi connectivity index (χ2n) is 6.78. The monoisotopic (exact) mass is 317 g/mol. The molecular formula is C18H27N3O2. The molecular weight excluding hydrogens is 290 g/mol. The van der Waals surface area contributed by atoms with Crippen molar-refractivity contribution in [3.05, 3.63) is 23.0 Å². The average molecular weight is 317 g/mol. The van der Waals surface area contributed by atoms with Gasteiger partial charge in [0.05, 0.1) is 11.4 Å². The first kappa shape index (κ1) is 17.4. The fourth-order valence-electron chi connectivity index (χ4n) is 3.17. The zero-order valence-corrected chi connectivity index (χ0v) is 14.8. The number of nitrogens with one attached hydrogen (secondary N) is 1. The lowest BCUT2D eigenvalue weighted by molar-refractivity contribution is -0.137. The molecule has 126 valence electrons. The van der Waals surface area contributed by atoms with Gasteiger partial charge in [-0.2, -0.15) is 0 Å². The number of hydrogen-bond donors (Lipinski definition) is 1. The third kappa shape index (κ3) is 4.09. The van der Waals surface area contributed by atoms with E-state index in [9.17, 15) is 9.59 Å². The molecule has 1 aliphatic rings. The number of hydrogen-bond acceptors (Lipinski definition) is 3. The molecule has 0 saturated carbocycles. The summed E-state index contributed by atoms with van der Waals surface area (Å²) >= 11 is 0. The zero-order chi connectivity index (χ0) is 17.1. The average Bonchev–Trinajstić information content (AvgIpc) is 2.50. The number of aryl methyl sites for hydroxylation is 3. The highest BCUT2D eigenvalue weighted by Gasteiger charge is 2.28. The second kappa shape index (κ2) is 7.11. The topological polar surface area (TPSA) is 62.3 Å². The van der Waals surface area contributed by atoms with E-state index in [1.54, 1.807) is 0 Å². The first-order chi connectivity index (χ1) is 10.8. The number of aromatic nitrogens is 1. The van der Waals surface area contributed by atoms with E-state index >= 15 is 0 Å². The van der Waals surface area contributed by atoms with Gasteiger partial charge in [-0.1, -0.05) is 13.8 Å². The fraction of sp³-hybridized carbons (Fsp3) is 0.611. The van der Waals surface area contributed by atoms with Crippen molar-refractivity contribution >= 4 is 17.5 Å². The van der Waals surface area contributed by atoms with Crippen molar-refractivity contribution in [2.45, 2.75) is 47.5 Å². The molecule has 1 saturated heterocycles. The second-order valence-corrected chi connectivity index (χ2v) is 6.78. The molecule has 0 spiro atoms. The van der Waals surface area contributed by atoms with Gasteiger partial charge in [0.1, 0.15) is 0 Å². The number of likely N-dealkylation sites (tertiary alicyclic amines) is 1. The lowest BCUT2D eigenvalue weighted by Gasteiger charge is -2.32. The van der Waals surface area contributed by atoms with E-state index in [2.05, 4.69) is 10.3 Å². The molecule has 0 radical (unpaired) electrons. The van der Waals surface area contributed by atoms with Crippen LogP contribution in [0.25, 0.3) is 0 Å². The summed E-state index contributed by atoms with van der Waals surface area (Å²) in [6.45, 7) is 11.0. The molecule has 1 aromatic heterocycles. The van der Waals surface area contributed by atoms with Crippen molar-refractivity contribution in [1.29, 1.82) is 0 Å². The first-order valence-corrected chi connectivity index (χ1v) is 8.34. The molecule has 2 rings (SSSR count). The number of piperidine rings is 1. The number of carbonyl (C=O) groups excluding carboxylic acids is 2. The Labute approximate surface area is 138 Å². The van der Waals surface area contributed by atoms with E-state index in [1.807, 2.05) is 45.6 Å². The standard InChI is InChI=1S/C18H27N3O2/c1-11(2)18(23)21-8-6-15(7-9-21)17(22)20-16-12(3)10-13(4)19-14(16)5/h10-11,15H,6-9H2,1-5H3,(H,20,22). The minimum atomic E-state index is -0.0358. The van der Waals surface area contributed by atoms with Gasteiger partial charge in [0.25, 0.3) is 0 Å². The van der Waals surface area contributed by atoms with E-state index in [0.29, 0.717) is 13.1 Å². The number of nitrogens with zero attached hydrogens (tertiary/aromatic N) is 2. The zero-order valence-electron chi connectivity index (χ0n) is 14.8. The van der Waals surface area contributed by atoms with E-state index in [0.717, 1.165) is 35.5 Å². The van der Waals surface area contributed by atoms with Crippen molar-refractivity contribution in [2.24, 2.45) is 11.8 Å². The maximum atomic E-state index is 12.5. The molecule has 2 amide bonds. The molecule has 0 unspecified atom stereocenters. The fourth-order valence-corrected chi connectivity index (χ4v) is 3.17. The molecule has 1 fully saturated rings. The summed E-state index contributed by atoms with van der Waals surface area (Å²) in [6, 6.07) is 1.98. The summed E-state index contributed by atoms with van der Waals surface area (Å²) in [6.07, 6.45) is 1.45. The minimum absolute atomic E-state index is 0.0179. The Morgan fingerprint density at radius 3 is 2.35 bits per heavy atom. The molecule has 5 heteroatoms. The molecule has 2 heterocycles. The minimum Gasteiger partial charge on any atom is -0.342 e. The maximum Gasteiger partial charge on any atom is 0.227 e. The Morgan fingerprint density at radius 2 is 1.83 bits per heavy atom. The van der Waals surface area contributed by atoms with Crippen LogP contribution in [0.4, 0.5) is 5.69 Å². The normalized spacial score (nSPS) is 15.8. The van der Waals surface area contributed by atoms with Crippen molar-refractivity contribution in [1.82, 2.24) is 9.88 Å². The molecule has 1 aliphatic heterocycles. The Balaban J connectivity index is 1.97. The molecule has 5 nitrogen and oxygen atoms in total. The quantitative estimate of drug-likeness (QED) is 0.932. The van der Waals surface area contributed by atoms with Crippen LogP contribution >= 0.6 is 0 Å². The van der Waals surface area contributed by atoms with Crippen LogP contribution in [-0.4, -0.2) is 34.8 Å². The number of carbonyl (C=O) groups is 2. The van der Waals surface area contributed by atoms with E-state index in [4.69, 9.17) is 0 Å². The largest absolute Gasteiger partial charge is 0.342 e. The predicted octanol–water partition coefficient (Wildman–Crippen LogP) is 2.84. The lowest BCUT2D eigenvalue weighted by Crippen LogP contribution is -2.43.